The molecule has 3 nitrogen and oxygen atoms in total. The Bertz CT molecular complexity index is 651. The standard InChI is InChI=1S/C16H16BrNO2S/c1-2-20-16(19)12-7-8-13-15(12)18-14(21-13)9-10-3-5-11(17)6-4-10/h3-6,12H,2,7-9H2,1H3. The van der Waals surface area contributed by atoms with Gasteiger partial charge in [0, 0.05) is 15.8 Å². The van der Waals surface area contributed by atoms with E-state index in [0.717, 1.165) is 34.4 Å². The molecule has 0 bridgehead atoms. The van der Waals surface area contributed by atoms with Gasteiger partial charge < -0.3 is 4.74 Å². The van der Waals surface area contributed by atoms with E-state index in [0.29, 0.717) is 6.61 Å². The molecule has 1 unspecified atom stereocenters. The summed E-state index contributed by atoms with van der Waals surface area (Å²) in [6.45, 7) is 2.27. The Morgan fingerprint density at radius 2 is 2.19 bits per heavy atom. The van der Waals surface area contributed by atoms with Crippen molar-refractivity contribution >= 4 is 33.2 Å². The van der Waals surface area contributed by atoms with Gasteiger partial charge in [-0.15, -0.1) is 11.3 Å². The Kier molecular flexibility index (Phi) is 4.40. The van der Waals surface area contributed by atoms with Gasteiger partial charge >= 0.3 is 5.97 Å². The molecule has 110 valence electrons. The number of hydrogen-bond acceptors (Lipinski definition) is 4. The zero-order valence-electron chi connectivity index (χ0n) is 11.8. The number of esters is 1. The molecule has 0 fully saturated rings. The lowest BCUT2D eigenvalue weighted by atomic mass is 10.1. The molecule has 21 heavy (non-hydrogen) atoms. The summed E-state index contributed by atoms with van der Waals surface area (Å²) in [6.07, 6.45) is 2.60. The molecule has 0 saturated heterocycles. The van der Waals surface area contributed by atoms with Crippen LogP contribution in [0, 0.1) is 0 Å². The normalized spacial score (nSPS) is 16.8. The van der Waals surface area contributed by atoms with Crippen LogP contribution in [0.25, 0.3) is 0 Å². The highest BCUT2D eigenvalue weighted by atomic mass is 79.9. The van der Waals surface area contributed by atoms with Crippen molar-refractivity contribution in [3.05, 3.63) is 49.9 Å². The molecule has 2 aromatic rings. The van der Waals surface area contributed by atoms with E-state index < -0.39 is 0 Å². The van der Waals surface area contributed by atoms with Crippen LogP contribution in [0.5, 0.6) is 0 Å². The van der Waals surface area contributed by atoms with Gasteiger partial charge in [0.2, 0.25) is 0 Å². The van der Waals surface area contributed by atoms with Crippen molar-refractivity contribution in [3.63, 3.8) is 0 Å². The van der Waals surface area contributed by atoms with E-state index >= 15 is 0 Å². The summed E-state index contributed by atoms with van der Waals surface area (Å²) in [5.74, 6) is -0.286. The number of fused-ring (bicyclic) bond motifs is 1. The first-order chi connectivity index (χ1) is 10.2. The summed E-state index contributed by atoms with van der Waals surface area (Å²) in [6, 6.07) is 8.27. The van der Waals surface area contributed by atoms with Crippen molar-refractivity contribution in [2.45, 2.75) is 32.1 Å². The lowest BCUT2D eigenvalue weighted by Crippen LogP contribution is -2.14. The molecule has 1 aromatic heterocycles. The lowest BCUT2D eigenvalue weighted by molar-refractivity contribution is -0.145. The van der Waals surface area contributed by atoms with Crippen molar-refractivity contribution in [2.24, 2.45) is 0 Å². The fourth-order valence-corrected chi connectivity index (χ4v) is 4.05. The molecule has 1 aliphatic rings. The largest absolute Gasteiger partial charge is 0.465 e. The van der Waals surface area contributed by atoms with Gasteiger partial charge in [-0.2, -0.15) is 0 Å². The van der Waals surface area contributed by atoms with E-state index in [-0.39, 0.29) is 11.9 Å². The summed E-state index contributed by atoms with van der Waals surface area (Å²) in [4.78, 5) is 17.9. The van der Waals surface area contributed by atoms with Crippen LogP contribution in [0.4, 0.5) is 0 Å². The Balaban J connectivity index is 1.77. The first-order valence-corrected chi connectivity index (χ1v) is 8.68. The van der Waals surface area contributed by atoms with Crippen molar-refractivity contribution < 1.29 is 9.53 Å². The van der Waals surface area contributed by atoms with E-state index in [1.807, 2.05) is 19.1 Å². The summed E-state index contributed by atoms with van der Waals surface area (Å²) in [5, 5.41) is 1.08. The van der Waals surface area contributed by atoms with Gasteiger partial charge in [-0.05, 0) is 37.5 Å². The molecule has 3 rings (SSSR count). The van der Waals surface area contributed by atoms with Crippen LogP contribution in [0.1, 0.15) is 40.4 Å². The smallest absolute Gasteiger partial charge is 0.315 e. The monoisotopic (exact) mass is 365 g/mol. The van der Waals surface area contributed by atoms with Gasteiger partial charge in [-0.25, -0.2) is 4.98 Å². The van der Waals surface area contributed by atoms with Crippen molar-refractivity contribution in [3.8, 4) is 0 Å². The number of rotatable bonds is 4. The molecule has 0 amide bonds. The number of carbonyl (C=O) groups is 1. The second kappa shape index (κ2) is 6.28. The van der Waals surface area contributed by atoms with E-state index in [4.69, 9.17) is 9.72 Å². The number of nitrogens with zero attached hydrogens (tertiary/aromatic N) is 1. The summed E-state index contributed by atoms with van der Waals surface area (Å²) in [5.41, 5.74) is 2.18. The van der Waals surface area contributed by atoms with Crippen LogP contribution in [-0.2, 0) is 22.4 Å². The molecular formula is C16H16BrNO2S. The Labute approximate surface area is 136 Å². The van der Waals surface area contributed by atoms with Gasteiger partial charge in [0.25, 0.3) is 0 Å². The molecule has 5 heteroatoms. The van der Waals surface area contributed by atoms with Crippen LogP contribution in [-0.4, -0.2) is 17.6 Å². The lowest BCUT2D eigenvalue weighted by Gasteiger charge is -2.07. The van der Waals surface area contributed by atoms with Gasteiger partial charge in [0.1, 0.15) is 5.92 Å². The molecule has 1 aliphatic carbocycles. The van der Waals surface area contributed by atoms with E-state index in [2.05, 4.69) is 28.1 Å². The molecular weight excluding hydrogens is 350 g/mol. The predicted octanol–water partition coefficient (Wildman–Crippen LogP) is 4.09. The van der Waals surface area contributed by atoms with Crippen LogP contribution >= 0.6 is 27.3 Å². The van der Waals surface area contributed by atoms with E-state index in [1.54, 1.807) is 11.3 Å². The van der Waals surface area contributed by atoms with Crippen LogP contribution in [0.2, 0.25) is 0 Å². The molecule has 0 radical (unpaired) electrons. The minimum atomic E-state index is -0.158. The van der Waals surface area contributed by atoms with Gasteiger partial charge in [-0.1, -0.05) is 28.1 Å². The fourth-order valence-electron chi connectivity index (χ4n) is 2.60. The second-order valence-electron chi connectivity index (χ2n) is 5.06. The Morgan fingerprint density at radius 1 is 1.43 bits per heavy atom. The fraction of sp³-hybridized carbons (Fsp3) is 0.375. The quantitative estimate of drug-likeness (QED) is 0.766. The van der Waals surface area contributed by atoms with Crippen LogP contribution < -0.4 is 0 Å². The van der Waals surface area contributed by atoms with E-state index in [1.165, 1.54) is 10.4 Å². The number of benzene rings is 1. The third-order valence-corrected chi connectivity index (χ3v) is 5.26. The maximum atomic E-state index is 12.0. The number of halogens is 1. The third kappa shape index (κ3) is 3.19. The summed E-state index contributed by atoms with van der Waals surface area (Å²) < 4.78 is 6.22. The highest BCUT2D eigenvalue weighted by Crippen LogP contribution is 2.37. The average molecular weight is 366 g/mol. The van der Waals surface area contributed by atoms with Crippen molar-refractivity contribution in [1.29, 1.82) is 0 Å². The molecule has 0 aliphatic heterocycles. The van der Waals surface area contributed by atoms with Crippen molar-refractivity contribution in [1.82, 2.24) is 4.98 Å². The zero-order valence-corrected chi connectivity index (χ0v) is 14.2. The molecule has 0 saturated carbocycles. The van der Waals surface area contributed by atoms with E-state index in [9.17, 15) is 4.79 Å². The maximum absolute atomic E-state index is 12.0. The molecule has 1 heterocycles. The molecule has 1 atom stereocenters. The molecule has 0 N–H and O–H groups in total. The summed E-state index contributed by atoms with van der Waals surface area (Å²) in [7, 11) is 0. The zero-order chi connectivity index (χ0) is 14.8. The highest BCUT2D eigenvalue weighted by Gasteiger charge is 2.33. The van der Waals surface area contributed by atoms with Gasteiger partial charge in [-0.3, -0.25) is 4.79 Å². The number of carbonyl (C=O) groups excluding carboxylic acids is 1. The number of aromatic nitrogens is 1. The molecule has 1 aromatic carbocycles. The minimum absolute atomic E-state index is 0.128. The maximum Gasteiger partial charge on any atom is 0.315 e. The first-order valence-electron chi connectivity index (χ1n) is 7.07. The minimum Gasteiger partial charge on any atom is -0.465 e. The second-order valence-corrected chi connectivity index (χ2v) is 7.15. The number of ether oxygens (including phenoxy) is 1. The summed E-state index contributed by atoms with van der Waals surface area (Å²) >= 11 is 5.17. The topological polar surface area (TPSA) is 39.2 Å². The van der Waals surface area contributed by atoms with Gasteiger partial charge in [0.05, 0.1) is 17.3 Å². The third-order valence-electron chi connectivity index (χ3n) is 3.60. The number of aryl methyl sites for hydroxylation is 1. The number of hydrogen-bond donors (Lipinski definition) is 0. The van der Waals surface area contributed by atoms with Crippen molar-refractivity contribution in [2.75, 3.05) is 6.61 Å². The highest BCUT2D eigenvalue weighted by molar-refractivity contribution is 9.10. The average Bonchev–Trinajstić information content (AvgIpc) is 3.01. The molecule has 0 spiro atoms. The van der Waals surface area contributed by atoms with Crippen LogP contribution in [0.15, 0.2) is 28.7 Å². The van der Waals surface area contributed by atoms with Crippen LogP contribution in [0.3, 0.4) is 0 Å². The predicted molar refractivity (Wildman–Crippen MR) is 86.8 cm³/mol. The SMILES string of the molecule is CCOC(=O)C1CCc2sc(Cc3ccc(Br)cc3)nc21. The first kappa shape index (κ1) is 14.7. The number of thiazole rings is 1. The van der Waals surface area contributed by atoms with Gasteiger partial charge in [0.15, 0.2) is 0 Å². The Hall–Kier alpha value is -1.20. The Morgan fingerprint density at radius 3 is 2.90 bits per heavy atom.